The molecule has 0 heterocycles. The number of rotatable bonds is 38. The third-order valence-electron chi connectivity index (χ3n) is 9.69. The molecule has 340 valence electrons. The van der Waals surface area contributed by atoms with Crippen LogP contribution in [0.5, 0.6) is 0 Å². The van der Waals surface area contributed by atoms with E-state index in [1.165, 1.54) is 19.3 Å². The van der Waals surface area contributed by atoms with Crippen molar-refractivity contribution in [3.05, 3.63) is 0 Å². The van der Waals surface area contributed by atoms with Crippen LogP contribution in [0.4, 0.5) is 0 Å². The number of carbonyl (C=O) groups excluding carboxylic acids is 5. The number of nitrogens with two attached hydrogens (primary N) is 7. The van der Waals surface area contributed by atoms with E-state index in [0.717, 1.165) is 83.5 Å². The van der Waals surface area contributed by atoms with Crippen LogP contribution in [0.2, 0.25) is 0 Å². The lowest BCUT2D eigenvalue weighted by atomic mass is 10.1. The van der Waals surface area contributed by atoms with E-state index in [1.807, 2.05) is 0 Å². The first-order chi connectivity index (χ1) is 28.3. The average molecular weight is 837 g/mol. The van der Waals surface area contributed by atoms with Crippen LogP contribution in [0.1, 0.15) is 161 Å². The van der Waals surface area contributed by atoms with Gasteiger partial charge in [-0.05, 0) is 57.8 Å². The Kier molecular flexibility index (Phi) is 33.3. The summed E-state index contributed by atoms with van der Waals surface area (Å²) in [4.78, 5) is 75.5. The first kappa shape index (κ1) is 54.2. The summed E-state index contributed by atoms with van der Waals surface area (Å²) >= 11 is 0. The second-order valence-electron chi connectivity index (χ2n) is 15.1. The summed E-state index contributed by atoms with van der Waals surface area (Å²) in [6, 6.07) is -2.43. The van der Waals surface area contributed by atoms with Crippen molar-refractivity contribution in [2.75, 3.05) is 26.2 Å². The van der Waals surface area contributed by atoms with Gasteiger partial charge in [0.2, 0.25) is 29.5 Å². The molecule has 0 spiro atoms. The molecule has 0 aliphatic carbocycles. The number of primary amides is 1. The maximum absolute atomic E-state index is 13.5. The Morgan fingerprint density at radius 2 is 0.780 bits per heavy atom. The van der Waals surface area contributed by atoms with Gasteiger partial charge in [-0.1, -0.05) is 90.4 Å². The molecule has 3 atom stereocenters. The highest BCUT2D eigenvalue weighted by Crippen LogP contribution is 2.12. The second kappa shape index (κ2) is 36.3. The molecule has 0 aromatic rings. The summed E-state index contributed by atoms with van der Waals surface area (Å²) in [5.41, 5.74) is 37.9. The van der Waals surface area contributed by atoms with Crippen LogP contribution in [0.3, 0.4) is 0 Å². The molecule has 5 amide bonds. The van der Waals surface area contributed by atoms with E-state index in [2.05, 4.69) is 43.2 Å². The second-order valence-corrected chi connectivity index (χ2v) is 15.1. The van der Waals surface area contributed by atoms with Crippen molar-refractivity contribution in [2.45, 2.75) is 179 Å². The van der Waals surface area contributed by atoms with E-state index in [0.29, 0.717) is 77.5 Å². The summed E-state index contributed by atoms with van der Waals surface area (Å²) in [5.74, 6) is -1.86. The molecule has 0 saturated heterocycles. The third kappa shape index (κ3) is 33.8. The van der Waals surface area contributed by atoms with E-state index < -0.39 is 29.9 Å². The molecule has 3 unspecified atom stereocenters. The number of aliphatic imine (C=N–C) groups is 3. The van der Waals surface area contributed by atoms with Crippen LogP contribution in [0.25, 0.3) is 0 Å². The van der Waals surface area contributed by atoms with E-state index in [4.69, 9.17) is 40.1 Å². The quantitative estimate of drug-likeness (QED) is 0.0239. The Labute approximate surface area is 352 Å². The van der Waals surface area contributed by atoms with Gasteiger partial charge in [0.05, 0.1) is 0 Å². The lowest BCUT2D eigenvalue weighted by Crippen LogP contribution is -2.54. The molecule has 19 nitrogen and oxygen atoms in total. The smallest absolute Gasteiger partial charge is 0.243 e. The standard InChI is InChI=1S/C40H80N14O5/c1-2-3-4-5-9-12-16-25-34(56)53-32(23-20-29-51-40(46)47)37(59)54-31(22-19-28-50-39(44)45)36(58)48-26-17-14-11-8-6-7-10-13-15-24-33(55)52-30(35(41)57)21-18-27-49-38(42)43/h30-32H,2-29H2,1H3,(H2,41,57)(H,48,58)(H,52,55)(H,53,56)(H,54,59)(H4,42,43,49)(H4,44,45,50)(H4,46,47,51). The topological polar surface area (TPSA) is 353 Å². The van der Waals surface area contributed by atoms with Crippen LogP contribution in [-0.4, -0.2) is 91.7 Å². The van der Waals surface area contributed by atoms with Gasteiger partial charge in [-0.25, -0.2) is 0 Å². The van der Waals surface area contributed by atoms with Crippen molar-refractivity contribution in [1.82, 2.24) is 21.3 Å². The summed E-state index contributed by atoms with van der Waals surface area (Å²) < 4.78 is 0. The van der Waals surface area contributed by atoms with Crippen molar-refractivity contribution < 1.29 is 24.0 Å². The van der Waals surface area contributed by atoms with E-state index in [-0.39, 0.29) is 35.6 Å². The van der Waals surface area contributed by atoms with Crippen molar-refractivity contribution in [1.29, 1.82) is 0 Å². The largest absolute Gasteiger partial charge is 0.370 e. The van der Waals surface area contributed by atoms with Gasteiger partial charge in [-0.2, -0.15) is 0 Å². The molecule has 19 heteroatoms. The average Bonchev–Trinajstić information content (AvgIpc) is 3.17. The highest BCUT2D eigenvalue weighted by Gasteiger charge is 2.26. The van der Waals surface area contributed by atoms with Gasteiger partial charge >= 0.3 is 0 Å². The van der Waals surface area contributed by atoms with Gasteiger partial charge in [0.1, 0.15) is 18.1 Å². The van der Waals surface area contributed by atoms with Crippen molar-refractivity contribution >= 4 is 47.4 Å². The van der Waals surface area contributed by atoms with E-state index in [1.54, 1.807) is 0 Å². The summed E-state index contributed by atoms with van der Waals surface area (Å²) in [5, 5.41) is 11.4. The van der Waals surface area contributed by atoms with E-state index >= 15 is 0 Å². The maximum Gasteiger partial charge on any atom is 0.243 e. The molecule has 0 radical (unpaired) electrons. The Morgan fingerprint density at radius 1 is 0.424 bits per heavy atom. The fourth-order valence-electron chi connectivity index (χ4n) is 6.36. The molecular weight excluding hydrogens is 757 g/mol. The summed E-state index contributed by atoms with van der Waals surface area (Å²) in [6.07, 6.45) is 19.2. The number of unbranched alkanes of at least 4 members (excludes halogenated alkanes) is 14. The molecule has 0 rings (SSSR count). The van der Waals surface area contributed by atoms with Gasteiger partial charge in [0, 0.05) is 39.0 Å². The molecule has 0 aromatic carbocycles. The fraction of sp³-hybridized carbons (Fsp3) is 0.800. The van der Waals surface area contributed by atoms with Crippen LogP contribution in [0.15, 0.2) is 15.0 Å². The molecule has 0 aliphatic heterocycles. The maximum atomic E-state index is 13.5. The zero-order valence-corrected chi connectivity index (χ0v) is 36.0. The first-order valence-corrected chi connectivity index (χ1v) is 21.9. The van der Waals surface area contributed by atoms with Crippen molar-refractivity contribution in [3.8, 4) is 0 Å². The highest BCUT2D eigenvalue weighted by molar-refractivity contribution is 5.92. The third-order valence-corrected chi connectivity index (χ3v) is 9.69. The minimum absolute atomic E-state index is 0.0218. The van der Waals surface area contributed by atoms with E-state index in [9.17, 15) is 24.0 Å². The summed E-state index contributed by atoms with van der Waals surface area (Å²) in [7, 11) is 0. The number of hydrogen-bond donors (Lipinski definition) is 11. The molecule has 0 bridgehead atoms. The predicted molar refractivity (Wildman–Crippen MR) is 237 cm³/mol. The number of carbonyl (C=O) groups is 5. The minimum Gasteiger partial charge on any atom is -0.370 e. The fourth-order valence-corrected chi connectivity index (χ4v) is 6.36. The van der Waals surface area contributed by atoms with Crippen LogP contribution in [0, 0.1) is 0 Å². The summed E-state index contributed by atoms with van der Waals surface area (Å²) in [6.45, 7) is 3.60. The zero-order chi connectivity index (χ0) is 44.1. The van der Waals surface area contributed by atoms with Gasteiger partial charge in [-0.15, -0.1) is 0 Å². The Hall–Kier alpha value is -4.84. The van der Waals surface area contributed by atoms with Crippen LogP contribution < -0.4 is 61.4 Å². The minimum atomic E-state index is -0.853. The highest BCUT2D eigenvalue weighted by atomic mass is 16.2. The number of amides is 5. The van der Waals surface area contributed by atoms with Gasteiger partial charge in [-0.3, -0.25) is 38.9 Å². The Morgan fingerprint density at radius 3 is 1.19 bits per heavy atom. The van der Waals surface area contributed by atoms with Crippen molar-refractivity contribution in [3.63, 3.8) is 0 Å². The predicted octanol–water partition coefficient (Wildman–Crippen LogP) is 1.24. The number of nitrogens with one attached hydrogen (secondary N) is 4. The normalized spacial score (nSPS) is 12.3. The Balaban J connectivity index is 4.75. The lowest BCUT2D eigenvalue weighted by molar-refractivity contribution is -0.132. The zero-order valence-electron chi connectivity index (χ0n) is 36.0. The molecule has 0 aliphatic rings. The van der Waals surface area contributed by atoms with Crippen LogP contribution in [-0.2, 0) is 24.0 Å². The van der Waals surface area contributed by atoms with Crippen molar-refractivity contribution in [2.24, 2.45) is 55.1 Å². The SMILES string of the molecule is CCCCCCCCCC(=O)NC(CCCN=C(N)N)C(=O)NC(CCCN=C(N)N)C(=O)NCCCCCCCCCCCC(=O)NC(CCCN=C(N)N)C(N)=O. The molecule has 0 saturated carbocycles. The Bertz CT molecular complexity index is 1270. The van der Waals surface area contributed by atoms with Gasteiger partial charge in [0.25, 0.3) is 0 Å². The molecular formula is C40H80N14O5. The number of guanidine groups is 3. The number of nitrogens with zero attached hydrogens (tertiary/aromatic N) is 3. The molecule has 0 aromatic heterocycles. The van der Waals surface area contributed by atoms with Gasteiger partial charge in [0.15, 0.2) is 17.9 Å². The lowest BCUT2D eigenvalue weighted by Gasteiger charge is -2.23. The van der Waals surface area contributed by atoms with Crippen LogP contribution >= 0.6 is 0 Å². The molecule has 59 heavy (non-hydrogen) atoms. The van der Waals surface area contributed by atoms with Gasteiger partial charge < -0.3 is 61.4 Å². The molecule has 18 N–H and O–H groups in total. The first-order valence-electron chi connectivity index (χ1n) is 21.9. The monoisotopic (exact) mass is 837 g/mol. The molecule has 0 fully saturated rings. The number of hydrogen-bond acceptors (Lipinski definition) is 8.